The maximum atomic E-state index is 6.12. The average molecular weight is 358 g/mol. The van der Waals surface area contributed by atoms with Gasteiger partial charge in [-0.05, 0) is 38.1 Å². The number of likely N-dealkylation sites (tertiary alicyclic amines) is 1. The van der Waals surface area contributed by atoms with Crippen molar-refractivity contribution < 1.29 is 4.52 Å². The van der Waals surface area contributed by atoms with Crippen molar-refractivity contribution in [3.05, 3.63) is 35.6 Å². The fourth-order valence-electron chi connectivity index (χ4n) is 3.51. The summed E-state index contributed by atoms with van der Waals surface area (Å²) >= 11 is 6.12. The molecule has 1 aliphatic rings. The lowest BCUT2D eigenvalue weighted by atomic mass is 10.1. The van der Waals surface area contributed by atoms with Crippen LogP contribution in [0.4, 0.5) is 5.82 Å². The molecule has 0 radical (unpaired) electrons. The highest BCUT2D eigenvalue weighted by molar-refractivity contribution is 6.30. The number of aromatic nitrogens is 3. The first-order valence-corrected chi connectivity index (χ1v) is 8.98. The minimum atomic E-state index is 0.478. The van der Waals surface area contributed by atoms with E-state index in [0.29, 0.717) is 22.5 Å². The van der Waals surface area contributed by atoms with Crippen LogP contribution in [-0.4, -0.2) is 45.7 Å². The number of fused-ring (bicyclic) bond motifs is 1. The van der Waals surface area contributed by atoms with Crippen LogP contribution in [0.3, 0.4) is 0 Å². The largest absolute Gasteiger partial charge is 0.368 e. The van der Waals surface area contributed by atoms with Crippen LogP contribution in [0.25, 0.3) is 22.4 Å². The third-order valence-corrected chi connectivity index (χ3v) is 5.02. The summed E-state index contributed by atoms with van der Waals surface area (Å²) in [6.45, 7) is 5.30. The van der Waals surface area contributed by atoms with E-state index in [2.05, 4.69) is 32.3 Å². The normalized spacial score (nSPS) is 18.1. The molecule has 1 atom stereocenters. The van der Waals surface area contributed by atoms with Gasteiger partial charge in [0.15, 0.2) is 0 Å². The Labute approximate surface area is 151 Å². The fourth-order valence-corrected chi connectivity index (χ4v) is 3.70. The summed E-state index contributed by atoms with van der Waals surface area (Å²) in [7, 11) is 0. The first-order chi connectivity index (χ1) is 12.3. The number of rotatable bonds is 5. The smallest absolute Gasteiger partial charge is 0.263 e. The number of likely N-dealkylation sites (N-methyl/N-ethyl adjacent to an activating group) is 1. The van der Waals surface area contributed by atoms with Crippen molar-refractivity contribution in [3.63, 3.8) is 0 Å². The number of anilines is 1. The number of hydrogen-bond acceptors (Lipinski definition) is 6. The topological polar surface area (TPSA) is 67.1 Å². The van der Waals surface area contributed by atoms with Crippen molar-refractivity contribution in [1.82, 2.24) is 20.0 Å². The molecule has 7 heteroatoms. The Kier molecular flexibility index (Phi) is 4.55. The molecule has 2 aromatic heterocycles. The number of nitrogens with one attached hydrogen (secondary N) is 1. The molecule has 0 aliphatic carbocycles. The minimum absolute atomic E-state index is 0.478. The molecule has 1 aliphatic heterocycles. The molecule has 0 saturated carbocycles. The standard InChI is InChI=1S/C18H20ClN5O/c1-2-24-8-4-7-14(24)10-20-17-15-16(12-5-3-6-13(19)9-12)23-25-18(15)22-11-21-17/h3,5-6,9,11,14H,2,4,7-8,10H2,1H3,(H,20,21,22). The van der Waals surface area contributed by atoms with Gasteiger partial charge < -0.3 is 9.84 Å². The van der Waals surface area contributed by atoms with Gasteiger partial charge in [-0.3, -0.25) is 4.90 Å². The van der Waals surface area contributed by atoms with E-state index in [9.17, 15) is 0 Å². The summed E-state index contributed by atoms with van der Waals surface area (Å²) in [6.07, 6.45) is 3.96. The van der Waals surface area contributed by atoms with Crippen molar-refractivity contribution in [2.45, 2.75) is 25.8 Å². The number of benzene rings is 1. The predicted octanol–water partition coefficient (Wildman–Crippen LogP) is 3.83. The van der Waals surface area contributed by atoms with Gasteiger partial charge in [0.25, 0.3) is 5.71 Å². The van der Waals surface area contributed by atoms with E-state index in [4.69, 9.17) is 16.1 Å². The monoisotopic (exact) mass is 357 g/mol. The second-order valence-corrected chi connectivity index (χ2v) is 6.69. The van der Waals surface area contributed by atoms with Crippen LogP contribution in [0, 0.1) is 0 Å². The first kappa shape index (κ1) is 16.3. The van der Waals surface area contributed by atoms with E-state index >= 15 is 0 Å². The third-order valence-electron chi connectivity index (χ3n) is 4.78. The lowest BCUT2D eigenvalue weighted by molar-refractivity contribution is 0.277. The zero-order chi connectivity index (χ0) is 17.2. The molecule has 6 nitrogen and oxygen atoms in total. The Balaban J connectivity index is 1.66. The minimum Gasteiger partial charge on any atom is -0.368 e. The second-order valence-electron chi connectivity index (χ2n) is 6.25. The predicted molar refractivity (Wildman–Crippen MR) is 98.8 cm³/mol. The van der Waals surface area contributed by atoms with Crippen LogP contribution >= 0.6 is 11.6 Å². The van der Waals surface area contributed by atoms with Gasteiger partial charge in [0.1, 0.15) is 23.2 Å². The Hall–Kier alpha value is -2.18. The van der Waals surface area contributed by atoms with Crippen LogP contribution in [0.2, 0.25) is 5.02 Å². The zero-order valence-corrected chi connectivity index (χ0v) is 14.8. The van der Waals surface area contributed by atoms with E-state index < -0.39 is 0 Å². The Morgan fingerprint density at radius 2 is 2.28 bits per heavy atom. The molecule has 0 spiro atoms. The molecular formula is C18H20ClN5O. The molecule has 25 heavy (non-hydrogen) atoms. The molecule has 1 saturated heterocycles. The Morgan fingerprint density at radius 1 is 1.36 bits per heavy atom. The van der Waals surface area contributed by atoms with Gasteiger partial charge in [-0.25, -0.2) is 4.98 Å². The molecular weight excluding hydrogens is 338 g/mol. The molecule has 1 unspecified atom stereocenters. The quantitative estimate of drug-likeness (QED) is 0.748. The van der Waals surface area contributed by atoms with E-state index in [1.54, 1.807) is 0 Å². The summed E-state index contributed by atoms with van der Waals surface area (Å²) in [5, 5.41) is 9.12. The highest BCUT2D eigenvalue weighted by Crippen LogP contribution is 2.32. The summed E-state index contributed by atoms with van der Waals surface area (Å²) < 4.78 is 5.40. The van der Waals surface area contributed by atoms with Gasteiger partial charge >= 0.3 is 0 Å². The van der Waals surface area contributed by atoms with Gasteiger partial charge in [0.2, 0.25) is 0 Å². The third kappa shape index (κ3) is 3.19. The van der Waals surface area contributed by atoms with E-state index in [1.807, 2.05) is 24.3 Å². The van der Waals surface area contributed by atoms with Crippen molar-refractivity contribution in [3.8, 4) is 11.3 Å². The Bertz CT molecular complexity index is 881. The Morgan fingerprint density at radius 3 is 3.12 bits per heavy atom. The van der Waals surface area contributed by atoms with Crippen LogP contribution < -0.4 is 5.32 Å². The second kappa shape index (κ2) is 6.98. The maximum absolute atomic E-state index is 6.12. The zero-order valence-electron chi connectivity index (χ0n) is 14.1. The van der Waals surface area contributed by atoms with Crippen LogP contribution in [0.5, 0.6) is 0 Å². The molecule has 1 N–H and O–H groups in total. The van der Waals surface area contributed by atoms with E-state index in [1.165, 1.54) is 25.7 Å². The van der Waals surface area contributed by atoms with Crippen molar-refractivity contribution in [2.24, 2.45) is 0 Å². The number of nitrogens with zero attached hydrogens (tertiary/aromatic N) is 4. The van der Waals surface area contributed by atoms with Gasteiger partial charge in [0, 0.05) is 23.2 Å². The molecule has 3 heterocycles. The molecule has 1 aromatic carbocycles. The fraction of sp³-hybridized carbons (Fsp3) is 0.389. The molecule has 3 aromatic rings. The maximum Gasteiger partial charge on any atom is 0.263 e. The van der Waals surface area contributed by atoms with Crippen molar-refractivity contribution >= 4 is 28.5 Å². The van der Waals surface area contributed by atoms with Gasteiger partial charge in [0.05, 0.1) is 0 Å². The van der Waals surface area contributed by atoms with Crippen LogP contribution in [0.15, 0.2) is 35.1 Å². The summed E-state index contributed by atoms with van der Waals surface area (Å²) in [6, 6.07) is 8.08. The van der Waals surface area contributed by atoms with Crippen LogP contribution in [-0.2, 0) is 0 Å². The molecule has 4 rings (SSSR count). The van der Waals surface area contributed by atoms with Gasteiger partial charge in [-0.1, -0.05) is 35.8 Å². The average Bonchev–Trinajstić information content (AvgIpc) is 3.26. The highest BCUT2D eigenvalue weighted by Gasteiger charge is 2.24. The van der Waals surface area contributed by atoms with E-state index in [-0.39, 0.29) is 0 Å². The molecule has 1 fully saturated rings. The summed E-state index contributed by atoms with van der Waals surface area (Å²) in [5.74, 6) is 0.754. The van der Waals surface area contributed by atoms with Gasteiger partial charge in [-0.2, -0.15) is 4.98 Å². The number of halogens is 1. The SMILES string of the molecule is CCN1CCCC1CNc1ncnc2onc(-c3cccc(Cl)c3)c12. The lowest BCUT2D eigenvalue weighted by Crippen LogP contribution is -2.34. The van der Waals surface area contributed by atoms with Crippen molar-refractivity contribution in [1.29, 1.82) is 0 Å². The summed E-state index contributed by atoms with van der Waals surface area (Å²) in [4.78, 5) is 11.1. The molecule has 0 bridgehead atoms. The van der Waals surface area contributed by atoms with Crippen molar-refractivity contribution in [2.75, 3.05) is 25.0 Å². The molecule has 0 amide bonds. The molecule has 130 valence electrons. The summed E-state index contributed by atoms with van der Waals surface area (Å²) in [5.41, 5.74) is 2.07. The van der Waals surface area contributed by atoms with E-state index in [0.717, 1.165) is 29.9 Å². The first-order valence-electron chi connectivity index (χ1n) is 8.60. The van der Waals surface area contributed by atoms with Gasteiger partial charge in [-0.15, -0.1) is 0 Å². The lowest BCUT2D eigenvalue weighted by Gasteiger charge is -2.23. The number of hydrogen-bond donors (Lipinski definition) is 1. The van der Waals surface area contributed by atoms with Crippen LogP contribution in [0.1, 0.15) is 19.8 Å². The highest BCUT2D eigenvalue weighted by atomic mass is 35.5.